The van der Waals surface area contributed by atoms with Crippen LogP contribution in [0.1, 0.15) is 26.7 Å². The van der Waals surface area contributed by atoms with Crippen LogP contribution < -0.4 is 10.4 Å². The van der Waals surface area contributed by atoms with Crippen LogP contribution in [-0.4, -0.2) is 17.5 Å². The van der Waals surface area contributed by atoms with Crippen LogP contribution in [0.4, 0.5) is 16.4 Å². The van der Waals surface area contributed by atoms with Gasteiger partial charge in [-0.15, -0.1) is 0 Å². The average Bonchev–Trinajstić information content (AvgIpc) is 2.29. The van der Waals surface area contributed by atoms with Gasteiger partial charge in [0.25, 0.3) is 0 Å². The zero-order valence-electron chi connectivity index (χ0n) is 10.6. The Bertz CT molecular complexity index is 339. The summed E-state index contributed by atoms with van der Waals surface area (Å²) in [6, 6.07) is 4.58. The van der Waals surface area contributed by atoms with Crippen molar-refractivity contribution in [2.75, 3.05) is 0 Å². The zero-order chi connectivity index (χ0) is 13.8. The largest absolute Gasteiger partial charge is 0.455 e. The summed E-state index contributed by atoms with van der Waals surface area (Å²) in [6.07, 6.45) is 0.837. The third-order valence-electron chi connectivity index (χ3n) is 2.86. The van der Waals surface area contributed by atoms with E-state index in [4.69, 9.17) is 0 Å². The fourth-order valence-electron chi connectivity index (χ4n) is 1.87. The van der Waals surface area contributed by atoms with Gasteiger partial charge in [0, 0.05) is 22.5 Å². The second kappa shape index (κ2) is 6.01. The van der Waals surface area contributed by atoms with Gasteiger partial charge in [-0.2, -0.15) is 0 Å². The molecule has 1 aromatic rings. The highest BCUT2D eigenvalue weighted by Crippen LogP contribution is 2.18. The SMILES string of the molecule is CCC[Si](F)(F)c1ccc([Si](F)(F)CCC)cc1. The Labute approximate surface area is 108 Å². The van der Waals surface area contributed by atoms with E-state index in [0.29, 0.717) is 12.8 Å². The van der Waals surface area contributed by atoms with E-state index in [0.717, 1.165) is 0 Å². The molecular weight excluding hydrogens is 276 g/mol. The normalized spacial score (nSPS) is 12.8. The van der Waals surface area contributed by atoms with Crippen molar-refractivity contribution >= 4 is 27.9 Å². The Morgan fingerprint density at radius 3 is 1.22 bits per heavy atom. The van der Waals surface area contributed by atoms with Crippen molar-refractivity contribution in [1.29, 1.82) is 0 Å². The first-order chi connectivity index (χ1) is 8.33. The Kier molecular flexibility index (Phi) is 5.15. The molecule has 6 heteroatoms. The second-order valence-electron chi connectivity index (χ2n) is 4.49. The molecule has 0 saturated heterocycles. The fraction of sp³-hybridized carbons (Fsp3) is 0.500. The van der Waals surface area contributed by atoms with Gasteiger partial charge in [0.1, 0.15) is 0 Å². The molecule has 0 radical (unpaired) electrons. The van der Waals surface area contributed by atoms with E-state index in [1.165, 1.54) is 24.3 Å². The molecule has 0 unspecified atom stereocenters. The first kappa shape index (κ1) is 15.4. The molecule has 0 amide bonds. The van der Waals surface area contributed by atoms with Gasteiger partial charge in [-0.3, -0.25) is 16.4 Å². The molecule has 0 fully saturated rings. The molecule has 0 heterocycles. The van der Waals surface area contributed by atoms with E-state index in [9.17, 15) is 16.4 Å². The van der Waals surface area contributed by atoms with Gasteiger partial charge in [0.2, 0.25) is 0 Å². The number of hydrogen-bond acceptors (Lipinski definition) is 0. The summed E-state index contributed by atoms with van der Waals surface area (Å²) in [5, 5.41) is -0.0659. The summed E-state index contributed by atoms with van der Waals surface area (Å²) in [6.45, 7) is 3.41. The molecule has 0 aliphatic heterocycles. The highest BCUT2D eigenvalue weighted by molar-refractivity contribution is 6.81. The van der Waals surface area contributed by atoms with Crippen LogP contribution in [0.2, 0.25) is 12.1 Å². The summed E-state index contributed by atoms with van der Waals surface area (Å²) in [5.41, 5.74) is 0. The second-order valence-corrected chi connectivity index (χ2v) is 9.46. The minimum Gasteiger partial charge on any atom is -0.265 e. The van der Waals surface area contributed by atoms with Gasteiger partial charge < -0.3 is 0 Å². The third kappa shape index (κ3) is 3.68. The Hall–Kier alpha value is -0.626. The van der Waals surface area contributed by atoms with Crippen molar-refractivity contribution in [3.8, 4) is 0 Å². The summed E-state index contributed by atoms with van der Waals surface area (Å²) < 4.78 is 54.8. The molecule has 102 valence electrons. The van der Waals surface area contributed by atoms with Gasteiger partial charge >= 0.3 is 17.5 Å². The van der Waals surface area contributed by atoms with Crippen LogP contribution in [0.3, 0.4) is 0 Å². The lowest BCUT2D eigenvalue weighted by Crippen LogP contribution is -2.43. The van der Waals surface area contributed by atoms with Crippen molar-refractivity contribution in [2.45, 2.75) is 38.8 Å². The highest BCUT2D eigenvalue weighted by atomic mass is 28.4. The first-order valence-electron chi connectivity index (χ1n) is 6.20. The molecule has 1 aromatic carbocycles. The predicted molar refractivity (Wildman–Crippen MR) is 71.8 cm³/mol. The van der Waals surface area contributed by atoms with E-state index in [1.54, 1.807) is 13.8 Å². The van der Waals surface area contributed by atoms with Crippen LogP contribution in [0.5, 0.6) is 0 Å². The molecule has 0 aliphatic carbocycles. The molecule has 0 N–H and O–H groups in total. The number of benzene rings is 1. The molecule has 0 bridgehead atoms. The monoisotopic (exact) mass is 294 g/mol. The van der Waals surface area contributed by atoms with Crippen molar-refractivity contribution in [3.05, 3.63) is 24.3 Å². The molecule has 0 spiro atoms. The molecule has 0 atom stereocenters. The predicted octanol–water partition coefficient (Wildman–Crippen LogP) is 3.68. The van der Waals surface area contributed by atoms with Crippen molar-refractivity contribution < 1.29 is 16.4 Å². The maximum atomic E-state index is 13.7. The van der Waals surface area contributed by atoms with E-state index in [2.05, 4.69) is 0 Å². The molecule has 1 rings (SSSR count). The van der Waals surface area contributed by atoms with E-state index >= 15 is 0 Å². The molecule has 0 aromatic heterocycles. The van der Waals surface area contributed by atoms with Crippen LogP contribution >= 0.6 is 0 Å². The third-order valence-corrected chi connectivity index (χ3v) is 7.47. The Morgan fingerprint density at radius 2 is 1.00 bits per heavy atom. The maximum Gasteiger partial charge on any atom is 0.455 e. The maximum absolute atomic E-state index is 13.7. The van der Waals surface area contributed by atoms with E-state index in [-0.39, 0.29) is 22.5 Å². The minimum absolute atomic E-state index is 0.0330. The lowest BCUT2D eigenvalue weighted by Gasteiger charge is -2.15. The van der Waals surface area contributed by atoms with E-state index < -0.39 is 17.5 Å². The Morgan fingerprint density at radius 1 is 0.722 bits per heavy atom. The molecule has 0 nitrogen and oxygen atoms in total. The van der Waals surface area contributed by atoms with Crippen molar-refractivity contribution in [2.24, 2.45) is 0 Å². The van der Waals surface area contributed by atoms with Crippen LogP contribution in [0.25, 0.3) is 0 Å². The minimum atomic E-state index is -4.41. The molecule has 0 aliphatic rings. The topological polar surface area (TPSA) is 0 Å². The molecule has 18 heavy (non-hydrogen) atoms. The standard InChI is InChI=1S/C12H18F4Si2/c1-3-9-17(13,14)11-5-7-12(8-6-11)18(15,16)10-4-2/h5-8H,3-4,9-10H2,1-2H3. The smallest absolute Gasteiger partial charge is 0.265 e. The van der Waals surface area contributed by atoms with Crippen molar-refractivity contribution in [1.82, 2.24) is 0 Å². The zero-order valence-corrected chi connectivity index (χ0v) is 12.6. The summed E-state index contributed by atoms with van der Waals surface area (Å²) in [4.78, 5) is 0. The van der Waals surface area contributed by atoms with Gasteiger partial charge in [-0.25, -0.2) is 0 Å². The average molecular weight is 294 g/mol. The number of halogens is 4. The molecule has 0 saturated carbocycles. The van der Waals surface area contributed by atoms with Crippen LogP contribution in [0.15, 0.2) is 24.3 Å². The fourth-order valence-corrected chi connectivity index (χ4v) is 5.02. The van der Waals surface area contributed by atoms with E-state index in [1.807, 2.05) is 0 Å². The molecular formula is C12H18F4Si2. The number of rotatable bonds is 6. The van der Waals surface area contributed by atoms with Crippen LogP contribution in [0, 0.1) is 0 Å². The summed E-state index contributed by atoms with van der Waals surface area (Å²) >= 11 is 0. The Balaban J connectivity index is 2.92. The summed E-state index contributed by atoms with van der Waals surface area (Å²) in [5.74, 6) is 0. The van der Waals surface area contributed by atoms with Gasteiger partial charge in [0.15, 0.2) is 0 Å². The van der Waals surface area contributed by atoms with Crippen molar-refractivity contribution in [3.63, 3.8) is 0 Å². The first-order valence-corrected chi connectivity index (χ1v) is 10.1. The quantitative estimate of drug-likeness (QED) is 0.426. The highest BCUT2D eigenvalue weighted by Gasteiger charge is 2.39. The lowest BCUT2D eigenvalue weighted by molar-refractivity contribution is 0.612. The van der Waals surface area contributed by atoms with Gasteiger partial charge in [-0.05, 0) is 0 Å². The van der Waals surface area contributed by atoms with Crippen LogP contribution in [-0.2, 0) is 0 Å². The number of hydrogen-bond donors (Lipinski definition) is 0. The summed E-state index contributed by atoms with van der Waals surface area (Å²) in [7, 11) is -8.82. The van der Waals surface area contributed by atoms with Gasteiger partial charge in [0.05, 0.1) is 0 Å². The lowest BCUT2D eigenvalue weighted by atomic mass is 10.4. The van der Waals surface area contributed by atoms with Gasteiger partial charge in [-0.1, -0.05) is 51.0 Å².